The topological polar surface area (TPSA) is 314 Å². The first-order chi connectivity index (χ1) is 20.8. The van der Waals surface area contributed by atoms with Crippen LogP contribution in [0.15, 0.2) is 22.6 Å². The Bertz CT molecular complexity index is 1590. The number of aliphatic imine (C=N–C) groups is 2. The predicted octanol–water partition coefficient (Wildman–Crippen LogP) is -2.73. The molecule has 2 saturated heterocycles. The summed E-state index contributed by atoms with van der Waals surface area (Å²) in [5.74, 6) is -0.491. The van der Waals surface area contributed by atoms with Gasteiger partial charge in [-0.05, 0) is 0 Å². The lowest BCUT2D eigenvalue weighted by molar-refractivity contribution is -0.123. The molecule has 44 heavy (non-hydrogen) atoms. The number of hydrogen-bond donors (Lipinski definition) is 7. The summed E-state index contributed by atoms with van der Waals surface area (Å²) in [6.07, 6.45) is -3.47. The van der Waals surface area contributed by atoms with Gasteiger partial charge in [0.05, 0.1) is 32.0 Å². The molecule has 0 bridgehead atoms. The third-order valence-corrected chi connectivity index (χ3v) is 8.73. The predicted molar refractivity (Wildman–Crippen MR) is 144 cm³/mol. The minimum atomic E-state index is -4.96. The Labute approximate surface area is 246 Å². The summed E-state index contributed by atoms with van der Waals surface area (Å²) < 4.78 is 52.6. The Morgan fingerprint density at radius 3 is 2.57 bits per heavy atom. The molecule has 6 heterocycles. The average Bonchev–Trinajstić information content (AvgIpc) is 3.71. The molecule has 24 heteroatoms. The Hall–Kier alpha value is -3.14. The lowest BCUT2D eigenvalue weighted by atomic mass is 10.1. The minimum absolute atomic E-state index is 0.0739. The van der Waals surface area contributed by atoms with Gasteiger partial charge >= 0.3 is 15.6 Å². The summed E-state index contributed by atoms with van der Waals surface area (Å²) in [7, 11) is -9.85. The number of aliphatic hydroxyl groups is 1. The van der Waals surface area contributed by atoms with Crippen molar-refractivity contribution in [1.29, 1.82) is 0 Å². The second-order valence-electron chi connectivity index (χ2n) is 10.1. The Morgan fingerprint density at radius 2 is 1.80 bits per heavy atom. The molecule has 2 aromatic heterocycles. The number of aliphatic hydroxyl groups excluding tert-OH is 1. The number of imidazole rings is 1. The number of phosphoric acid groups is 2. The fourth-order valence-electron chi connectivity index (χ4n) is 5.22. The van der Waals surface area contributed by atoms with Gasteiger partial charge in [0.2, 0.25) is 0 Å². The van der Waals surface area contributed by atoms with E-state index in [4.69, 9.17) is 30.0 Å². The molecule has 0 aliphatic carbocycles. The first-order valence-corrected chi connectivity index (χ1v) is 16.0. The molecule has 22 nitrogen and oxygen atoms in total. The first-order valence-electron chi connectivity index (χ1n) is 13.0. The van der Waals surface area contributed by atoms with Gasteiger partial charge < -0.3 is 45.6 Å². The van der Waals surface area contributed by atoms with Crippen LogP contribution in [0.25, 0.3) is 11.2 Å². The summed E-state index contributed by atoms with van der Waals surface area (Å²) >= 11 is 0. The number of carbonyl (C=O) groups excluding carboxylic acids is 1. The van der Waals surface area contributed by atoms with Crippen molar-refractivity contribution < 1.29 is 56.8 Å². The molecule has 4 aliphatic rings. The second-order valence-corrected chi connectivity index (χ2v) is 12.8. The molecule has 1 amide bonds. The zero-order valence-corrected chi connectivity index (χ0v) is 24.2. The van der Waals surface area contributed by atoms with Crippen molar-refractivity contribution in [1.82, 2.24) is 29.7 Å². The van der Waals surface area contributed by atoms with Crippen molar-refractivity contribution in [2.24, 2.45) is 15.7 Å². The van der Waals surface area contributed by atoms with Gasteiger partial charge in [-0.25, -0.2) is 29.1 Å². The monoisotopic (exact) mass is 662 g/mol. The summed E-state index contributed by atoms with van der Waals surface area (Å²) in [5, 5.41) is 12.9. The number of rotatable bonds is 10. The van der Waals surface area contributed by atoms with E-state index in [-0.39, 0.29) is 24.6 Å². The largest absolute Gasteiger partial charge is 0.472 e. The van der Waals surface area contributed by atoms with Gasteiger partial charge in [0.1, 0.15) is 42.6 Å². The van der Waals surface area contributed by atoms with Crippen LogP contribution in [0.1, 0.15) is 19.1 Å². The number of carbonyl (C=O) groups is 1. The van der Waals surface area contributed by atoms with E-state index < -0.39 is 83.8 Å². The van der Waals surface area contributed by atoms with Crippen molar-refractivity contribution in [2.75, 3.05) is 18.9 Å². The van der Waals surface area contributed by atoms with E-state index in [1.54, 1.807) is 0 Å². The number of fused-ring (bicyclic) bond motifs is 2. The van der Waals surface area contributed by atoms with Crippen LogP contribution < -0.4 is 16.8 Å². The van der Waals surface area contributed by atoms with Gasteiger partial charge in [0.15, 0.2) is 29.6 Å². The third-order valence-electron chi connectivity index (χ3n) is 7.23. The molecule has 0 radical (unpaired) electrons. The zero-order chi connectivity index (χ0) is 31.4. The highest BCUT2D eigenvalue weighted by atomic mass is 31.2. The van der Waals surface area contributed by atoms with Crippen molar-refractivity contribution in [2.45, 2.75) is 61.9 Å². The summed E-state index contributed by atoms with van der Waals surface area (Å²) in [4.78, 5) is 63.0. The van der Waals surface area contributed by atoms with E-state index in [2.05, 4.69) is 34.8 Å². The number of ether oxygens (including phenoxy) is 2. The van der Waals surface area contributed by atoms with Gasteiger partial charge in [-0.1, -0.05) is 0 Å². The standard InChI is InChI=1S/C20H28N10O12P2/c21-16-14-17(24-5-23-16)29(6-25-14)12-1-8(31)10(40-12)3-39-44(36,37)42-9-2-13(41-11(9)4-38-43(33,34)35)30-7-26-15-18(30)27-20(22)28-19(15)32/h5-13,15,18,31H,1-4H2,(H,36,37)(H2,21,23,24)(H2,33,34,35)(H3,22,27,28,32)/t8-,9-,10+,11+,12+,13+,15?,18?/m0/s1. The fourth-order valence-corrected chi connectivity index (χ4v) is 6.52. The molecule has 9 N–H and O–H groups in total. The highest BCUT2D eigenvalue weighted by Gasteiger charge is 2.49. The van der Waals surface area contributed by atoms with E-state index >= 15 is 0 Å². The molecule has 240 valence electrons. The number of nitrogen functional groups attached to an aromatic ring is 1. The molecule has 2 aromatic rings. The van der Waals surface area contributed by atoms with Crippen LogP contribution in [0.4, 0.5) is 5.82 Å². The Balaban J connectivity index is 1.11. The summed E-state index contributed by atoms with van der Waals surface area (Å²) in [5.41, 5.74) is 12.2. The Kier molecular flexibility index (Phi) is 8.18. The number of guanidine groups is 1. The first kappa shape index (κ1) is 30.9. The average molecular weight is 662 g/mol. The molecule has 4 aliphatic heterocycles. The molecule has 0 saturated carbocycles. The van der Waals surface area contributed by atoms with Crippen LogP contribution in [0.5, 0.6) is 0 Å². The lowest BCUT2D eigenvalue weighted by Gasteiger charge is -2.31. The number of phosphoric ester groups is 2. The van der Waals surface area contributed by atoms with E-state index in [1.807, 2.05) is 0 Å². The maximum absolute atomic E-state index is 13.0. The molecule has 9 atom stereocenters. The lowest BCUT2D eigenvalue weighted by Crippen LogP contribution is -2.55. The third kappa shape index (κ3) is 6.32. The molecule has 6 rings (SSSR count). The van der Waals surface area contributed by atoms with Crippen LogP contribution in [0.2, 0.25) is 0 Å². The van der Waals surface area contributed by atoms with Crippen molar-refractivity contribution in [3.8, 4) is 0 Å². The van der Waals surface area contributed by atoms with Gasteiger partial charge in [-0.15, -0.1) is 0 Å². The second kappa shape index (κ2) is 11.7. The maximum atomic E-state index is 13.0. The quantitative estimate of drug-likeness (QED) is 0.127. The van der Waals surface area contributed by atoms with Gasteiger partial charge in [0.25, 0.3) is 5.91 Å². The van der Waals surface area contributed by atoms with Crippen LogP contribution in [-0.4, -0.2) is 118 Å². The highest BCUT2D eigenvalue weighted by Crippen LogP contribution is 2.49. The van der Waals surface area contributed by atoms with Crippen LogP contribution in [0.3, 0.4) is 0 Å². The molecular weight excluding hydrogens is 634 g/mol. The van der Waals surface area contributed by atoms with Gasteiger partial charge in [-0.3, -0.25) is 33.2 Å². The number of nitrogens with zero attached hydrogens (tertiary/aromatic N) is 7. The fraction of sp³-hybridized carbons (Fsp3) is 0.600. The maximum Gasteiger partial charge on any atom is 0.472 e. The Morgan fingerprint density at radius 1 is 1.05 bits per heavy atom. The normalized spacial score (nSPS) is 33.4. The van der Waals surface area contributed by atoms with Crippen molar-refractivity contribution in [3.63, 3.8) is 0 Å². The van der Waals surface area contributed by atoms with Crippen LogP contribution in [-0.2, 0) is 37.0 Å². The van der Waals surface area contributed by atoms with Gasteiger partial charge in [0, 0.05) is 12.8 Å². The molecule has 0 spiro atoms. The van der Waals surface area contributed by atoms with E-state index in [0.717, 1.165) is 0 Å². The molecule has 0 aromatic carbocycles. The number of nitrogens with two attached hydrogens (primary N) is 2. The zero-order valence-electron chi connectivity index (χ0n) is 22.4. The van der Waals surface area contributed by atoms with Crippen LogP contribution >= 0.6 is 15.6 Å². The molecule has 3 unspecified atom stereocenters. The molecule has 2 fully saturated rings. The van der Waals surface area contributed by atoms with Crippen molar-refractivity contribution in [3.05, 3.63) is 12.7 Å². The van der Waals surface area contributed by atoms with Crippen LogP contribution in [0, 0.1) is 0 Å². The smallest absolute Gasteiger partial charge is 0.390 e. The van der Waals surface area contributed by atoms with Crippen molar-refractivity contribution >= 4 is 50.8 Å². The number of aromatic nitrogens is 4. The number of hydrogen-bond acceptors (Lipinski definition) is 17. The summed E-state index contributed by atoms with van der Waals surface area (Å²) in [6, 6.07) is -0.935. The number of amides is 1. The molecular formula is C20H28N10O12P2. The number of anilines is 1. The van der Waals surface area contributed by atoms with E-state index in [0.29, 0.717) is 11.2 Å². The van der Waals surface area contributed by atoms with E-state index in [1.165, 1.54) is 28.5 Å². The van der Waals surface area contributed by atoms with Gasteiger partial charge in [-0.2, -0.15) is 0 Å². The minimum Gasteiger partial charge on any atom is -0.390 e. The number of nitrogens with one attached hydrogen (secondary N) is 1. The summed E-state index contributed by atoms with van der Waals surface area (Å²) in [6.45, 7) is -1.29. The highest BCUT2D eigenvalue weighted by molar-refractivity contribution is 7.47. The van der Waals surface area contributed by atoms with E-state index in [9.17, 15) is 33.7 Å². The SMILES string of the molecule is NC1=NC2C(N=CN2[C@H]2C[C@H](OP(=O)(O)OC[C@H]3O[C@@H](n4cnc5c(N)ncnc54)C[C@@H]3O)[C@@H](COP(=O)(O)O)O2)C(=O)N1.